The second-order valence-electron chi connectivity index (χ2n) is 7.78. The molecule has 3 rings (SSSR count). The van der Waals surface area contributed by atoms with Gasteiger partial charge in [0.15, 0.2) is 23.3 Å². The van der Waals surface area contributed by atoms with Crippen LogP contribution in [0.4, 0.5) is 0 Å². The normalized spacial score (nSPS) is 14.4. The van der Waals surface area contributed by atoms with E-state index < -0.39 is 0 Å². The standard InChI is InChI=1S/C22H33N5O3.HI/c1-15(2)21-26-19(30-27-21)12-13-24-22(23-3)25-14-16-8-7-11-18(28-4)20(16)29-17-9-5-6-10-17;/h7-8,11,15,17H,5-6,9-10,12-14H2,1-4H3,(H2,23,24,25);1H. The van der Waals surface area contributed by atoms with Crippen molar-refractivity contribution in [2.45, 2.75) is 64.5 Å². The Morgan fingerprint density at radius 3 is 2.68 bits per heavy atom. The fraction of sp³-hybridized carbons (Fsp3) is 0.591. The van der Waals surface area contributed by atoms with E-state index in [0.29, 0.717) is 31.4 Å². The second-order valence-corrected chi connectivity index (χ2v) is 7.78. The lowest BCUT2D eigenvalue weighted by Crippen LogP contribution is -2.38. The van der Waals surface area contributed by atoms with Crippen molar-refractivity contribution in [1.82, 2.24) is 20.8 Å². The Morgan fingerprint density at radius 2 is 2.03 bits per heavy atom. The fourth-order valence-corrected chi connectivity index (χ4v) is 3.46. The molecule has 0 amide bonds. The number of aromatic nitrogens is 2. The average Bonchev–Trinajstić information content (AvgIpc) is 3.43. The molecule has 2 N–H and O–H groups in total. The van der Waals surface area contributed by atoms with Gasteiger partial charge in [-0.15, -0.1) is 24.0 Å². The van der Waals surface area contributed by atoms with Crippen LogP contribution in [0.2, 0.25) is 0 Å². The van der Waals surface area contributed by atoms with Crippen molar-refractivity contribution in [3.8, 4) is 11.5 Å². The molecule has 0 unspecified atom stereocenters. The van der Waals surface area contributed by atoms with Crippen molar-refractivity contribution in [1.29, 1.82) is 0 Å². The highest BCUT2D eigenvalue weighted by molar-refractivity contribution is 14.0. The van der Waals surface area contributed by atoms with Crippen LogP contribution in [0, 0.1) is 0 Å². The van der Waals surface area contributed by atoms with E-state index in [-0.39, 0.29) is 36.0 Å². The van der Waals surface area contributed by atoms with Gasteiger partial charge in [-0.25, -0.2) is 0 Å². The van der Waals surface area contributed by atoms with Gasteiger partial charge in [0, 0.05) is 38.0 Å². The predicted octanol–water partition coefficient (Wildman–Crippen LogP) is 4.05. The fourth-order valence-electron chi connectivity index (χ4n) is 3.46. The van der Waals surface area contributed by atoms with Gasteiger partial charge in [0.2, 0.25) is 5.89 Å². The van der Waals surface area contributed by atoms with E-state index in [1.807, 2.05) is 26.0 Å². The molecule has 1 aliphatic rings. The summed E-state index contributed by atoms with van der Waals surface area (Å²) in [6.45, 7) is 5.31. The number of hydrogen-bond donors (Lipinski definition) is 2. The molecule has 31 heavy (non-hydrogen) atoms. The van der Waals surface area contributed by atoms with Gasteiger partial charge in [-0.1, -0.05) is 31.1 Å². The minimum atomic E-state index is 0. The number of para-hydroxylation sites is 1. The van der Waals surface area contributed by atoms with Crippen LogP contribution in [0.25, 0.3) is 0 Å². The first kappa shape index (κ1) is 25.2. The Bertz CT molecular complexity index is 834. The monoisotopic (exact) mass is 543 g/mol. The number of benzene rings is 1. The highest BCUT2D eigenvalue weighted by atomic mass is 127. The Balaban J connectivity index is 0.00000341. The summed E-state index contributed by atoms with van der Waals surface area (Å²) < 4.78 is 17.1. The van der Waals surface area contributed by atoms with Crippen LogP contribution in [0.15, 0.2) is 27.7 Å². The third-order valence-corrected chi connectivity index (χ3v) is 5.17. The third-order valence-electron chi connectivity index (χ3n) is 5.17. The molecule has 2 aromatic rings. The van der Waals surface area contributed by atoms with Crippen molar-refractivity contribution in [3.05, 3.63) is 35.5 Å². The zero-order valence-corrected chi connectivity index (χ0v) is 21.1. The molecule has 0 radical (unpaired) electrons. The molecular formula is C22H34IN5O3. The van der Waals surface area contributed by atoms with Crippen LogP contribution in [-0.2, 0) is 13.0 Å². The van der Waals surface area contributed by atoms with Crippen LogP contribution in [0.3, 0.4) is 0 Å². The quantitative estimate of drug-likeness (QED) is 0.280. The number of methoxy groups -OCH3 is 1. The van der Waals surface area contributed by atoms with Crippen LogP contribution >= 0.6 is 24.0 Å². The van der Waals surface area contributed by atoms with E-state index in [1.54, 1.807) is 14.2 Å². The van der Waals surface area contributed by atoms with Crippen LogP contribution in [0.1, 0.15) is 62.7 Å². The number of aliphatic imine (C=N–C) groups is 1. The number of hydrogen-bond acceptors (Lipinski definition) is 6. The van der Waals surface area contributed by atoms with Crippen LogP contribution < -0.4 is 20.1 Å². The predicted molar refractivity (Wildman–Crippen MR) is 132 cm³/mol. The molecule has 1 saturated carbocycles. The highest BCUT2D eigenvalue weighted by Gasteiger charge is 2.20. The van der Waals surface area contributed by atoms with Crippen molar-refractivity contribution in [2.75, 3.05) is 20.7 Å². The summed E-state index contributed by atoms with van der Waals surface area (Å²) in [4.78, 5) is 8.70. The maximum absolute atomic E-state index is 6.30. The van der Waals surface area contributed by atoms with E-state index >= 15 is 0 Å². The minimum Gasteiger partial charge on any atom is -0.493 e. The third kappa shape index (κ3) is 7.26. The molecule has 8 nitrogen and oxygen atoms in total. The van der Waals surface area contributed by atoms with Gasteiger partial charge < -0.3 is 24.6 Å². The van der Waals surface area contributed by atoms with Crippen molar-refractivity contribution >= 4 is 29.9 Å². The van der Waals surface area contributed by atoms with E-state index in [1.165, 1.54) is 12.8 Å². The Kier molecular flexibility index (Phi) is 10.4. The molecule has 1 fully saturated rings. The summed E-state index contributed by atoms with van der Waals surface area (Å²) in [5.74, 6) is 3.91. The minimum absolute atomic E-state index is 0. The lowest BCUT2D eigenvalue weighted by atomic mass is 10.1. The van der Waals surface area contributed by atoms with Gasteiger partial charge >= 0.3 is 0 Å². The lowest BCUT2D eigenvalue weighted by Gasteiger charge is -2.20. The molecule has 0 bridgehead atoms. The Morgan fingerprint density at radius 1 is 1.26 bits per heavy atom. The molecule has 1 aromatic heterocycles. The van der Waals surface area contributed by atoms with E-state index in [9.17, 15) is 0 Å². The summed E-state index contributed by atoms with van der Waals surface area (Å²) in [5, 5.41) is 10.6. The highest BCUT2D eigenvalue weighted by Crippen LogP contribution is 2.34. The molecule has 0 aliphatic heterocycles. The Labute approximate surface area is 201 Å². The number of rotatable bonds is 9. The zero-order valence-electron chi connectivity index (χ0n) is 18.8. The van der Waals surface area contributed by atoms with E-state index in [4.69, 9.17) is 14.0 Å². The van der Waals surface area contributed by atoms with Crippen molar-refractivity contribution in [2.24, 2.45) is 4.99 Å². The van der Waals surface area contributed by atoms with E-state index in [0.717, 1.165) is 35.7 Å². The zero-order chi connectivity index (χ0) is 21.3. The first-order chi connectivity index (χ1) is 14.6. The smallest absolute Gasteiger partial charge is 0.228 e. The van der Waals surface area contributed by atoms with Crippen LogP contribution in [-0.4, -0.2) is 42.9 Å². The number of halogens is 1. The summed E-state index contributed by atoms with van der Waals surface area (Å²) in [6, 6.07) is 5.98. The van der Waals surface area contributed by atoms with Gasteiger partial charge in [0.1, 0.15) is 0 Å². The van der Waals surface area contributed by atoms with Crippen LogP contribution in [0.5, 0.6) is 11.5 Å². The summed E-state index contributed by atoms with van der Waals surface area (Å²) in [6.07, 6.45) is 5.55. The molecule has 1 aliphatic carbocycles. The summed E-state index contributed by atoms with van der Waals surface area (Å²) in [7, 11) is 3.43. The second kappa shape index (κ2) is 12.7. The molecule has 9 heteroatoms. The van der Waals surface area contributed by atoms with Crippen molar-refractivity contribution < 1.29 is 14.0 Å². The number of guanidine groups is 1. The van der Waals surface area contributed by atoms with Gasteiger partial charge in [0.05, 0.1) is 13.2 Å². The molecule has 1 heterocycles. The topological polar surface area (TPSA) is 93.8 Å². The average molecular weight is 543 g/mol. The summed E-state index contributed by atoms with van der Waals surface area (Å²) >= 11 is 0. The Hall–Kier alpha value is -2.04. The SMILES string of the molecule is CN=C(NCCc1nc(C(C)C)no1)NCc1cccc(OC)c1OC1CCCC1.I. The van der Waals surface area contributed by atoms with Gasteiger partial charge in [-0.3, -0.25) is 4.99 Å². The number of ether oxygens (including phenoxy) is 2. The first-order valence-corrected chi connectivity index (χ1v) is 10.7. The molecular weight excluding hydrogens is 509 g/mol. The number of nitrogens with one attached hydrogen (secondary N) is 2. The molecule has 0 spiro atoms. The van der Waals surface area contributed by atoms with Gasteiger partial charge in [-0.05, 0) is 31.7 Å². The summed E-state index contributed by atoms with van der Waals surface area (Å²) in [5.41, 5.74) is 1.04. The van der Waals surface area contributed by atoms with Crippen molar-refractivity contribution in [3.63, 3.8) is 0 Å². The molecule has 1 aromatic carbocycles. The maximum atomic E-state index is 6.30. The largest absolute Gasteiger partial charge is 0.493 e. The van der Waals surface area contributed by atoms with E-state index in [2.05, 4.69) is 31.8 Å². The first-order valence-electron chi connectivity index (χ1n) is 10.7. The van der Waals surface area contributed by atoms with Gasteiger partial charge in [-0.2, -0.15) is 4.98 Å². The molecule has 0 atom stereocenters. The van der Waals surface area contributed by atoms with Gasteiger partial charge in [0.25, 0.3) is 0 Å². The molecule has 172 valence electrons. The molecule has 0 saturated heterocycles. The lowest BCUT2D eigenvalue weighted by molar-refractivity contribution is 0.198. The maximum Gasteiger partial charge on any atom is 0.228 e. The number of nitrogens with zero attached hydrogens (tertiary/aromatic N) is 3.